The maximum Gasteiger partial charge on any atom is 0.151 e. The number of anilines is 3. The maximum atomic E-state index is 9.97. The Balaban J connectivity index is 1.62. The van der Waals surface area contributed by atoms with E-state index in [0.717, 1.165) is 44.9 Å². The zero-order chi connectivity index (χ0) is 24.9. The number of hydrogen-bond acceptors (Lipinski definition) is 5. The smallest absolute Gasteiger partial charge is 0.151 e. The minimum atomic E-state index is 0.417. The topological polar surface area (TPSA) is 73.2 Å². The molecular weight excluding hydrogens is 458 g/mol. The summed E-state index contributed by atoms with van der Waals surface area (Å²) >= 11 is 0. The van der Waals surface area contributed by atoms with E-state index in [-0.39, 0.29) is 0 Å². The second-order valence-corrected chi connectivity index (χ2v) is 8.79. The fourth-order valence-electron chi connectivity index (χ4n) is 5.14. The van der Waals surface area contributed by atoms with Crippen LogP contribution in [0.5, 0.6) is 11.5 Å². The highest BCUT2D eigenvalue weighted by Gasteiger charge is 2.28. The summed E-state index contributed by atoms with van der Waals surface area (Å²) < 4.78 is 12.6. The van der Waals surface area contributed by atoms with Gasteiger partial charge in [-0.3, -0.25) is 0 Å². The van der Waals surface area contributed by atoms with E-state index in [0.29, 0.717) is 27.8 Å². The van der Waals surface area contributed by atoms with Gasteiger partial charge in [0, 0.05) is 27.6 Å². The molecule has 7 rings (SSSR count). The number of benzene rings is 5. The Morgan fingerprint density at radius 2 is 1.24 bits per heavy atom. The Morgan fingerprint density at radius 1 is 0.622 bits per heavy atom. The average molecular weight is 476 g/mol. The predicted octanol–water partition coefficient (Wildman–Crippen LogP) is 8.57. The van der Waals surface area contributed by atoms with Gasteiger partial charge >= 0.3 is 0 Å². The van der Waals surface area contributed by atoms with Crippen LogP contribution in [0.1, 0.15) is 11.1 Å². The molecule has 5 aromatic carbocycles. The molecule has 1 aromatic heterocycles. The summed E-state index contributed by atoms with van der Waals surface area (Å²) in [5.41, 5.74) is 6.13. The largest absolute Gasteiger partial charge is 0.455 e. The lowest BCUT2D eigenvalue weighted by atomic mass is 9.93. The van der Waals surface area contributed by atoms with Crippen LogP contribution in [0.2, 0.25) is 0 Å². The van der Waals surface area contributed by atoms with E-state index in [4.69, 9.17) is 9.15 Å². The maximum absolute atomic E-state index is 9.97. The molecule has 0 aliphatic carbocycles. The molecule has 5 nitrogen and oxygen atoms in total. The zero-order valence-electron chi connectivity index (χ0n) is 19.5. The number of hydrogen-bond donors (Lipinski definition) is 0. The van der Waals surface area contributed by atoms with Crippen molar-refractivity contribution in [3.8, 4) is 34.8 Å². The minimum Gasteiger partial charge on any atom is -0.455 e. The van der Waals surface area contributed by atoms with Gasteiger partial charge in [-0.25, -0.2) is 0 Å². The van der Waals surface area contributed by atoms with E-state index < -0.39 is 0 Å². The van der Waals surface area contributed by atoms with E-state index in [9.17, 15) is 10.5 Å². The average Bonchev–Trinajstić information content (AvgIpc) is 3.33. The fourth-order valence-corrected chi connectivity index (χ4v) is 5.14. The van der Waals surface area contributed by atoms with Crippen LogP contribution in [-0.4, -0.2) is 0 Å². The summed E-state index contributed by atoms with van der Waals surface area (Å²) in [5.74, 6) is 1.49. The number of fused-ring (bicyclic) bond motifs is 5. The molecule has 0 spiro atoms. The Labute approximate surface area is 212 Å². The summed E-state index contributed by atoms with van der Waals surface area (Å²) in [5, 5.41) is 21.8. The fraction of sp³-hybridized carbons (Fsp3) is 0. The minimum absolute atomic E-state index is 0.417. The van der Waals surface area contributed by atoms with Crippen molar-refractivity contribution >= 4 is 39.0 Å². The molecule has 1 aliphatic rings. The van der Waals surface area contributed by atoms with Crippen molar-refractivity contribution in [3.63, 3.8) is 0 Å². The quantitative estimate of drug-likeness (QED) is 0.250. The van der Waals surface area contributed by atoms with Crippen molar-refractivity contribution in [2.75, 3.05) is 4.90 Å². The van der Waals surface area contributed by atoms with Crippen LogP contribution in [0.25, 0.3) is 33.1 Å². The number of para-hydroxylation sites is 5. The number of rotatable bonds is 2. The third-order valence-corrected chi connectivity index (χ3v) is 6.73. The summed E-state index contributed by atoms with van der Waals surface area (Å²) in [6.45, 7) is 0. The van der Waals surface area contributed by atoms with Crippen LogP contribution in [0.3, 0.4) is 0 Å². The molecule has 0 saturated carbocycles. The van der Waals surface area contributed by atoms with Gasteiger partial charge in [0.05, 0.1) is 34.6 Å². The first-order chi connectivity index (χ1) is 18.3. The van der Waals surface area contributed by atoms with Crippen LogP contribution in [0.4, 0.5) is 17.1 Å². The SMILES string of the molecule is N#Cc1cccc(C#N)c1-c1cc(N2c3ccccc3Oc3ccccc32)cc2c1oc1ccccc12. The molecule has 0 fully saturated rings. The van der Waals surface area contributed by atoms with E-state index in [2.05, 4.69) is 23.1 Å². The van der Waals surface area contributed by atoms with Gasteiger partial charge in [-0.2, -0.15) is 10.5 Å². The van der Waals surface area contributed by atoms with Crippen LogP contribution in [0.15, 0.2) is 108 Å². The first-order valence-electron chi connectivity index (χ1n) is 11.8. The Kier molecular flexibility index (Phi) is 4.51. The molecule has 2 heterocycles. The summed E-state index contributed by atoms with van der Waals surface area (Å²) in [6.07, 6.45) is 0. The van der Waals surface area contributed by atoms with Crippen molar-refractivity contribution in [1.82, 2.24) is 0 Å². The Hall–Kier alpha value is -5.52. The Morgan fingerprint density at radius 3 is 1.92 bits per heavy atom. The molecule has 0 amide bonds. The third kappa shape index (κ3) is 3.09. The number of furan rings is 1. The molecule has 0 atom stereocenters. The highest BCUT2D eigenvalue weighted by Crippen LogP contribution is 2.52. The summed E-state index contributed by atoms with van der Waals surface area (Å²) in [6, 6.07) is 37.5. The van der Waals surface area contributed by atoms with E-state index >= 15 is 0 Å². The normalized spacial score (nSPS) is 11.9. The second-order valence-electron chi connectivity index (χ2n) is 8.79. The lowest BCUT2D eigenvalue weighted by Crippen LogP contribution is -2.15. The third-order valence-electron chi connectivity index (χ3n) is 6.73. The molecule has 0 bridgehead atoms. The van der Waals surface area contributed by atoms with Crippen molar-refractivity contribution in [3.05, 3.63) is 114 Å². The zero-order valence-corrected chi connectivity index (χ0v) is 19.5. The number of ether oxygens (including phenoxy) is 1. The van der Waals surface area contributed by atoms with Crippen molar-refractivity contribution in [2.45, 2.75) is 0 Å². The number of nitriles is 2. The monoisotopic (exact) mass is 475 g/mol. The van der Waals surface area contributed by atoms with E-state index in [1.165, 1.54) is 0 Å². The van der Waals surface area contributed by atoms with Crippen molar-refractivity contribution < 1.29 is 9.15 Å². The van der Waals surface area contributed by atoms with Gasteiger partial charge in [0.15, 0.2) is 11.5 Å². The molecule has 1 aliphatic heterocycles. The summed E-state index contributed by atoms with van der Waals surface area (Å²) in [7, 11) is 0. The standard InChI is InChI=1S/C32H17N3O2/c33-18-20-8-7-9-21(19-34)31(20)25-17-22(16-24-23-10-1-4-13-28(23)37-32(24)25)35-26-11-2-5-14-29(26)36-30-15-6-3-12-27(30)35/h1-17H. The van der Waals surface area contributed by atoms with Crippen LogP contribution >= 0.6 is 0 Å². The van der Waals surface area contributed by atoms with E-state index in [1.54, 1.807) is 18.2 Å². The van der Waals surface area contributed by atoms with Crippen LogP contribution in [0, 0.1) is 22.7 Å². The van der Waals surface area contributed by atoms with Gasteiger partial charge in [-0.1, -0.05) is 48.5 Å². The molecule has 0 radical (unpaired) electrons. The van der Waals surface area contributed by atoms with Crippen molar-refractivity contribution in [1.29, 1.82) is 10.5 Å². The van der Waals surface area contributed by atoms with Gasteiger partial charge in [-0.15, -0.1) is 0 Å². The van der Waals surface area contributed by atoms with Gasteiger partial charge in [0.2, 0.25) is 0 Å². The van der Waals surface area contributed by atoms with Gasteiger partial charge < -0.3 is 14.1 Å². The highest BCUT2D eigenvalue weighted by atomic mass is 16.5. The molecule has 172 valence electrons. The number of nitrogens with zero attached hydrogens (tertiary/aromatic N) is 3. The lowest BCUT2D eigenvalue weighted by Gasteiger charge is -2.33. The molecule has 0 saturated heterocycles. The first kappa shape index (κ1) is 20.8. The molecular formula is C32H17N3O2. The molecule has 6 aromatic rings. The lowest BCUT2D eigenvalue weighted by molar-refractivity contribution is 0.477. The van der Waals surface area contributed by atoms with Crippen LogP contribution in [-0.2, 0) is 0 Å². The summed E-state index contributed by atoms with van der Waals surface area (Å²) in [4.78, 5) is 2.15. The van der Waals surface area contributed by atoms with Gasteiger partial charge in [0.25, 0.3) is 0 Å². The predicted molar refractivity (Wildman–Crippen MR) is 143 cm³/mol. The van der Waals surface area contributed by atoms with Crippen LogP contribution < -0.4 is 9.64 Å². The van der Waals surface area contributed by atoms with Crippen molar-refractivity contribution in [2.24, 2.45) is 0 Å². The molecule has 0 unspecified atom stereocenters. The Bertz CT molecular complexity index is 1880. The van der Waals surface area contributed by atoms with E-state index in [1.807, 2.05) is 78.9 Å². The second kappa shape index (κ2) is 8.02. The van der Waals surface area contributed by atoms with Gasteiger partial charge in [-0.05, 0) is 54.6 Å². The molecule has 0 N–H and O–H groups in total. The van der Waals surface area contributed by atoms with Gasteiger partial charge in [0.1, 0.15) is 11.2 Å². The first-order valence-corrected chi connectivity index (χ1v) is 11.8. The molecule has 5 heteroatoms. The molecule has 37 heavy (non-hydrogen) atoms. The highest BCUT2D eigenvalue weighted by molar-refractivity contribution is 6.12.